The SMILES string of the molecule is Cc1ccc(OCCC(C)(C)S)cc1. The van der Waals surface area contributed by atoms with Crippen LogP contribution in [0.1, 0.15) is 25.8 Å². The molecule has 0 unspecified atom stereocenters. The van der Waals surface area contributed by atoms with Gasteiger partial charge in [0.25, 0.3) is 0 Å². The number of ether oxygens (including phenoxy) is 1. The van der Waals surface area contributed by atoms with Crippen molar-refractivity contribution in [1.82, 2.24) is 0 Å². The first-order valence-electron chi connectivity index (χ1n) is 4.89. The summed E-state index contributed by atoms with van der Waals surface area (Å²) in [6.07, 6.45) is 0.948. The van der Waals surface area contributed by atoms with Crippen LogP contribution >= 0.6 is 12.6 Å². The third-order valence-corrected chi connectivity index (χ3v) is 2.23. The Morgan fingerprint density at radius 1 is 1.21 bits per heavy atom. The first-order chi connectivity index (χ1) is 6.47. The van der Waals surface area contributed by atoms with Gasteiger partial charge in [-0.15, -0.1) is 0 Å². The van der Waals surface area contributed by atoms with Crippen LogP contribution in [0.4, 0.5) is 0 Å². The van der Waals surface area contributed by atoms with Gasteiger partial charge in [0.15, 0.2) is 0 Å². The van der Waals surface area contributed by atoms with Crippen molar-refractivity contribution in [1.29, 1.82) is 0 Å². The maximum atomic E-state index is 5.59. The van der Waals surface area contributed by atoms with E-state index >= 15 is 0 Å². The molecule has 0 fully saturated rings. The second-order valence-corrected chi connectivity index (χ2v) is 5.43. The highest BCUT2D eigenvalue weighted by atomic mass is 32.1. The molecule has 0 bridgehead atoms. The van der Waals surface area contributed by atoms with Gasteiger partial charge in [-0.3, -0.25) is 0 Å². The number of aryl methyl sites for hydroxylation is 1. The lowest BCUT2D eigenvalue weighted by molar-refractivity contribution is 0.298. The molecule has 1 rings (SSSR count). The minimum absolute atomic E-state index is 0.0463. The monoisotopic (exact) mass is 210 g/mol. The molecule has 1 aromatic carbocycles. The van der Waals surface area contributed by atoms with E-state index in [2.05, 4.69) is 45.5 Å². The molecule has 0 spiro atoms. The van der Waals surface area contributed by atoms with Crippen molar-refractivity contribution in [3.05, 3.63) is 29.8 Å². The van der Waals surface area contributed by atoms with Crippen LogP contribution in [-0.4, -0.2) is 11.4 Å². The van der Waals surface area contributed by atoms with Crippen LogP contribution in [-0.2, 0) is 0 Å². The Balaban J connectivity index is 2.35. The summed E-state index contributed by atoms with van der Waals surface area (Å²) in [4.78, 5) is 0. The summed E-state index contributed by atoms with van der Waals surface area (Å²) in [5, 5.41) is 0. The fourth-order valence-corrected chi connectivity index (χ4v) is 1.14. The second-order valence-electron chi connectivity index (χ2n) is 4.22. The highest BCUT2D eigenvalue weighted by Crippen LogP contribution is 2.18. The predicted octanol–water partition coefficient (Wildman–Crippen LogP) is 3.47. The smallest absolute Gasteiger partial charge is 0.119 e. The quantitative estimate of drug-likeness (QED) is 0.749. The molecule has 1 nitrogen and oxygen atoms in total. The van der Waals surface area contributed by atoms with Crippen LogP contribution in [0.3, 0.4) is 0 Å². The average Bonchev–Trinajstić information content (AvgIpc) is 2.06. The molecule has 0 saturated heterocycles. The summed E-state index contributed by atoms with van der Waals surface area (Å²) in [6.45, 7) is 6.98. The lowest BCUT2D eigenvalue weighted by atomic mass is 10.1. The molecule has 0 aromatic heterocycles. The van der Waals surface area contributed by atoms with Crippen LogP contribution in [0.25, 0.3) is 0 Å². The zero-order valence-electron chi connectivity index (χ0n) is 9.08. The number of hydrogen-bond acceptors (Lipinski definition) is 2. The van der Waals surface area contributed by atoms with Crippen LogP contribution in [0.2, 0.25) is 0 Å². The Kier molecular flexibility index (Phi) is 3.87. The normalized spacial score (nSPS) is 11.4. The first kappa shape index (κ1) is 11.4. The van der Waals surface area contributed by atoms with Crippen molar-refractivity contribution in [3.8, 4) is 5.75 Å². The third kappa shape index (κ3) is 4.56. The molecule has 2 heteroatoms. The lowest BCUT2D eigenvalue weighted by Gasteiger charge is -2.17. The van der Waals surface area contributed by atoms with Gasteiger partial charge >= 0.3 is 0 Å². The number of hydrogen-bond donors (Lipinski definition) is 1. The van der Waals surface area contributed by atoms with Gasteiger partial charge in [0.1, 0.15) is 5.75 Å². The minimum Gasteiger partial charge on any atom is -0.494 e. The highest BCUT2D eigenvalue weighted by molar-refractivity contribution is 7.81. The lowest BCUT2D eigenvalue weighted by Crippen LogP contribution is -2.15. The second kappa shape index (κ2) is 4.74. The van der Waals surface area contributed by atoms with E-state index in [4.69, 9.17) is 4.74 Å². The van der Waals surface area contributed by atoms with Crippen molar-refractivity contribution in [2.24, 2.45) is 0 Å². The van der Waals surface area contributed by atoms with E-state index in [0.717, 1.165) is 18.8 Å². The molecule has 0 heterocycles. The zero-order valence-corrected chi connectivity index (χ0v) is 9.97. The molecule has 0 N–H and O–H groups in total. The predicted molar refractivity (Wildman–Crippen MR) is 64.4 cm³/mol. The Labute approximate surface area is 91.9 Å². The van der Waals surface area contributed by atoms with Gasteiger partial charge in [0, 0.05) is 4.75 Å². The standard InChI is InChI=1S/C12H18OS/c1-10-4-6-11(7-5-10)13-9-8-12(2,3)14/h4-7,14H,8-9H2,1-3H3. The average molecular weight is 210 g/mol. The van der Waals surface area contributed by atoms with Crippen LogP contribution in [0.5, 0.6) is 5.75 Å². The minimum atomic E-state index is 0.0463. The van der Waals surface area contributed by atoms with E-state index < -0.39 is 0 Å². The summed E-state index contributed by atoms with van der Waals surface area (Å²) in [5.41, 5.74) is 1.26. The van der Waals surface area contributed by atoms with Crippen LogP contribution in [0.15, 0.2) is 24.3 Å². The van der Waals surface area contributed by atoms with E-state index in [9.17, 15) is 0 Å². The molecular weight excluding hydrogens is 192 g/mol. The van der Waals surface area contributed by atoms with Gasteiger partial charge in [0.2, 0.25) is 0 Å². The maximum Gasteiger partial charge on any atom is 0.119 e. The van der Waals surface area contributed by atoms with E-state index in [1.807, 2.05) is 12.1 Å². The van der Waals surface area contributed by atoms with Gasteiger partial charge < -0.3 is 4.74 Å². The summed E-state index contributed by atoms with van der Waals surface area (Å²) in [6, 6.07) is 8.12. The van der Waals surface area contributed by atoms with Crippen LogP contribution < -0.4 is 4.74 Å². The van der Waals surface area contributed by atoms with Gasteiger partial charge in [-0.05, 0) is 25.5 Å². The fraction of sp³-hybridized carbons (Fsp3) is 0.500. The zero-order chi connectivity index (χ0) is 10.6. The first-order valence-corrected chi connectivity index (χ1v) is 5.34. The van der Waals surface area contributed by atoms with E-state index in [-0.39, 0.29) is 4.75 Å². The molecular formula is C12H18OS. The number of thiol groups is 1. The summed E-state index contributed by atoms with van der Waals surface area (Å²) < 4.78 is 5.63. The van der Waals surface area contributed by atoms with E-state index in [1.54, 1.807) is 0 Å². The molecule has 0 atom stereocenters. The molecule has 78 valence electrons. The molecule has 0 aliphatic carbocycles. The Hall–Kier alpha value is -0.630. The highest BCUT2D eigenvalue weighted by Gasteiger charge is 2.10. The summed E-state index contributed by atoms with van der Waals surface area (Å²) in [7, 11) is 0. The van der Waals surface area contributed by atoms with Crippen molar-refractivity contribution in [2.45, 2.75) is 31.9 Å². The third-order valence-electron chi connectivity index (χ3n) is 2.00. The molecule has 0 saturated carbocycles. The fourth-order valence-electron chi connectivity index (χ4n) is 1.05. The van der Waals surface area contributed by atoms with Crippen LogP contribution in [0, 0.1) is 6.92 Å². The van der Waals surface area contributed by atoms with Crippen molar-refractivity contribution < 1.29 is 4.74 Å². The molecule has 14 heavy (non-hydrogen) atoms. The largest absolute Gasteiger partial charge is 0.494 e. The summed E-state index contributed by atoms with van der Waals surface area (Å²) >= 11 is 4.44. The van der Waals surface area contributed by atoms with Crippen molar-refractivity contribution in [3.63, 3.8) is 0 Å². The molecule has 0 amide bonds. The topological polar surface area (TPSA) is 9.23 Å². The van der Waals surface area contributed by atoms with Crippen molar-refractivity contribution >= 4 is 12.6 Å². The van der Waals surface area contributed by atoms with E-state index in [0.29, 0.717) is 0 Å². The van der Waals surface area contributed by atoms with Gasteiger partial charge in [0.05, 0.1) is 6.61 Å². The maximum absolute atomic E-state index is 5.59. The van der Waals surface area contributed by atoms with Crippen molar-refractivity contribution in [2.75, 3.05) is 6.61 Å². The van der Waals surface area contributed by atoms with E-state index in [1.165, 1.54) is 5.56 Å². The Bertz CT molecular complexity index is 271. The van der Waals surface area contributed by atoms with Gasteiger partial charge in [-0.2, -0.15) is 12.6 Å². The number of rotatable bonds is 4. The van der Waals surface area contributed by atoms with Gasteiger partial charge in [-0.25, -0.2) is 0 Å². The molecule has 0 radical (unpaired) electrons. The van der Waals surface area contributed by atoms with Gasteiger partial charge in [-0.1, -0.05) is 31.5 Å². The molecule has 0 aliphatic rings. The number of benzene rings is 1. The molecule has 0 aliphatic heterocycles. The molecule has 1 aromatic rings. The Morgan fingerprint density at radius 2 is 1.79 bits per heavy atom. The summed E-state index contributed by atoms with van der Waals surface area (Å²) in [5.74, 6) is 0.938. The Morgan fingerprint density at radius 3 is 2.29 bits per heavy atom.